The average molecular weight is 232 g/mol. The maximum absolute atomic E-state index is 10.3. The first-order valence-corrected chi connectivity index (χ1v) is 5.74. The summed E-state index contributed by atoms with van der Waals surface area (Å²) in [5.74, 6) is 0. The van der Waals surface area contributed by atoms with Crippen LogP contribution in [0.5, 0.6) is 0 Å². The number of nitrogens with two attached hydrogens (primary N) is 1. The summed E-state index contributed by atoms with van der Waals surface area (Å²) >= 11 is 0. The first kappa shape index (κ1) is 11.5. The van der Waals surface area contributed by atoms with Crippen molar-refractivity contribution in [3.05, 3.63) is 36.0 Å². The van der Waals surface area contributed by atoms with Crippen LogP contribution in [0.25, 0.3) is 10.9 Å². The molecule has 0 radical (unpaired) electrons. The van der Waals surface area contributed by atoms with Crippen molar-refractivity contribution in [3.63, 3.8) is 0 Å². The fourth-order valence-corrected chi connectivity index (χ4v) is 1.85. The Morgan fingerprint density at radius 3 is 3.00 bits per heavy atom. The molecule has 0 atom stereocenters. The number of carbonyl (C=O) groups is 1. The van der Waals surface area contributed by atoms with Crippen LogP contribution in [-0.2, 0) is 11.2 Å². The summed E-state index contributed by atoms with van der Waals surface area (Å²) < 4.78 is 4.67. The topological polar surface area (TPSA) is 68.1 Å². The van der Waals surface area contributed by atoms with Gasteiger partial charge < -0.3 is 15.5 Å². The van der Waals surface area contributed by atoms with E-state index in [-0.39, 0.29) is 0 Å². The third-order valence-corrected chi connectivity index (χ3v) is 2.72. The Kier molecular flexibility index (Phi) is 3.65. The molecular formula is C13H16N2O2. The fraction of sp³-hybridized carbons (Fsp3) is 0.308. The summed E-state index contributed by atoms with van der Waals surface area (Å²) in [5.41, 5.74) is 7.32. The second-order valence-electron chi connectivity index (χ2n) is 4.02. The lowest BCUT2D eigenvalue weighted by Gasteiger charge is -2.02. The largest absolute Gasteiger partial charge is 0.450 e. The van der Waals surface area contributed by atoms with Crippen LogP contribution in [0.4, 0.5) is 4.79 Å². The van der Waals surface area contributed by atoms with Crippen LogP contribution in [0.15, 0.2) is 30.5 Å². The van der Waals surface area contributed by atoms with Crippen molar-refractivity contribution in [3.8, 4) is 0 Å². The summed E-state index contributed by atoms with van der Waals surface area (Å²) in [7, 11) is 0. The number of hydrogen-bond donors (Lipinski definition) is 2. The number of aromatic amines is 1. The van der Waals surface area contributed by atoms with E-state index in [0.29, 0.717) is 6.61 Å². The van der Waals surface area contributed by atoms with Gasteiger partial charge in [0.1, 0.15) is 0 Å². The van der Waals surface area contributed by atoms with Crippen molar-refractivity contribution in [1.82, 2.24) is 4.98 Å². The van der Waals surface area contributed by atoms with E-state index in [1.807, 2.05) is 6.20 Å². The molecule has 4 nitrogen and oxygen atoms in total. The van der Waals surface area contributed by atoms with Crippen LogP contribution in [0, 0.1) is 0 Å². The molecule has 0 fully saturated rings. The van der Waals surface area contributed by atoms with E-state index in [1.54, 1.807) is 0 Å². The molecule has 0 bridgehead atoms. The highest BCUT2D eigenvalue weighted by Gasteiger charge is 1.98. The molecule has 0 saturated heterocycles. The molecule has 1 aromatic heterocycles. The molecule has 0 aliphatic heterocycles. The van der Waals surface area contributed by atoms with Crippen LogP contribution in [-0.4, -0.2) is 17.7 Å². The Hall–Kier alpha value is -1.97. The standard InChI is InChI=1S/C13H16N2O2/c14-13(16)17-8-2-1-3-10-4-5-11-6-7-15-12(11)9-10/h4-7,9,15H,1-3,8H2,(H2,14,16). The number of benzene rings is 1. The number of aryl methyl sites for hydroxylation is 1. The van der Waals surface area contributed by atoms with Crippen molar-refractivity contribution < 1.29 is 9.53 Å². The van der Waals surface area contributed by atoms with Gasteiger partial charge in [-0.25, -0.2) is 4.79 Å². The van der Waals surface area contributed by atoms with E-state index in [9.17, 15) is 4.79 Å². The van der Waals surface area contributed by atoms with Gasteiger partial charge in [-0.2, -0.15) is 0 Å². The van der Waals surface area contributed by atoms with E-state index in [2.05, 4.69) is 34.0 Å². The van der Waals surface area contributed by atoms with Crippen LogP contribution >= 0.6 is 0 Å². The maximum Gasteiger partial charge on any atom is 0.404 e. The van der Waals surface area contributed by atoms with Crippen molar-refractivity contribution >= 4 is 17.0 Å². The minimum absolute atomic E-state index is 0.403. The van der Waals surface area contributed by atoms with Crippen LogP contribution in [0.3, 0.4) is 0 Å². The monoisotopic (exact) mass is 232 g/mol. The predicted octanol–water partition coefficient (Wildman–Crippen LogP) is 2.59. The molecule has 0 aliphatic carbocycles. The van der Waals surface area contributed by atoms with E-state index in [4.69, 9.17) is 5.73 Å². The number of amides is 1. The Balaban J connectivity index is 1.80. The fourth-order valence-electron chi connectivity index (χ4n) is 1.85. The van der Waals surface area contributed by atoms with E-state index < -0.39 is 6.09 Å². The summed E-state index contributed by atoms with van der Waals surface area (Å²) in [4.78, 5) is 13.5. The van der Waals surface area contributed by atoms with Gasteiger partial charge in [0.2, 0.25) is 0 Å². The average Bonchev–Trinajstić information content (AvgIpc) is 2.75. The highest BCUT2D eigenvalue weighted by molar-refractivity contribution is 5.79. The highest BCUT2D eigenvalue weighted by Crippen LogP contribution is 2.15. The summed E-state index contributed by atoms with van der Waals surface area (Å²) in [6.07, 6.45) is 4.05. The quantitative estimate of drug-likeness (QED) is 0.778. The SMILES string of the molecule is NC(=O)OCCCCc1ccc2cc[nH]c2c1. The molecule has 90 valence electrons. The zero-order valence-corrected chi connectivity index (χ0v) is 9.61. The third kappa shape index (κ3) is 3.24. The Morgan fingerprint density at radius 1 is 1.29 bits per heavy atom. The minimum Gasteiger partial charge on any atom is -0.450 e. The summed E-state index contributed by atoms with van der Waals surface area (Å²) in [6.45, 7) is 0.403. The zero-order valence-electron chi connectivity index (χ0n) is 9.61. The van der Waals surface area contributed by atoms with Crippen LogP contribution < -0.4 is 5.73 Å². The molecule has 1 heterocycles. The number of carbonyl (C=O) groups excluding carboxylic acids is 1. The number of H-pyrrole nitrogens is 1. The number of unbranched alkanes of at least 4 members (excludes halogenated alkanes) is 1. The second-order valence-corrected chi connectivity index (χ2v) is 4.02. The van der Waals surface area contributed by atoms with Gasteiger partial charge in [0, 0.05) is 11.7 Å². The number of ether oxygens (including phenoxy) is 1. The Labute approximate surface area is 99.8 Å². The third-order valence-electron chi connectivity index (χ3n) is 2.72. The molecule has 1 aromatic carbocycles. The molecule has 17 heavy (non-hydrogen) atoms. The number of hydrogen-bond acceptors (Lipinski definition) is 2. The number of nitrogens with one attached hydrogen (secondary N) is 1. The molecule has 0 saturated carbocycles. The molecule has 0 unspecified atom stereocenters. The maximum atomic E-state index is 10.3. The van der Waals surface area contributed by atoms with Gasteiger partial charge in [-0.3, -0.25) is 0 Å². The number of aromatic nitrogens is 1. The van der Waals surface area contributed by atoms with Crippen molar-refractivity contribution in [2.45, 2.75) is 19.3 Å². The van der Waals surface area contributed by atoms with Crippen LogP contribution in [0.2, 0.25) is 0 Å². The zero-order chi connectivity index (χ0) is 12.1. The molecule has 0 spiro atoms. The first-order chi connectivity index (χ1) is 8.25. The molecule has 1 amide bonds. The van der Waals surface area contributed by atoms with Crippen molar-refractivity contribution in [2.75, 3.05) is 6.61 Å². The lowest BCUT2D eigenvalue weighted by Crippen LogP contribution is -2.13. The van der Waals surface area contributed by atoms with Gasteiger partial charge in [-0.05, 0) is 42.3 Å². The first-order valence-electron chi connectivity index (χ1n) is 5.74. The molecule has 2 rings (SSSR count). The van der Waals surface area contributed by atoms with Gasteiger partial charge >= 0.3 is 6.09 Å². The molecular weight excluding hydrogens is 216 g/mol. The molecule has 2 aromatic rings. The number of primary amides is 1. The van der Waals surface area contributed by atoms with Gasteiger partial charge in [0.25, 0.3) is 0 Å². The van der Waals surface area contributed by atoms with Crippen molar-refractivity contribution in [2.24, 2.45) is 5.73 Å². The van der Waals surface area contributed by atoms with E-state index in [0.717, 1.165) is 24.8 Å². The lowest BCUT2D eigenvalue weighted by atomic mass is 10.1. The van der Waals surface area contributed by atoms with E-state index in [1.165, 1.54) is 10.9 Å². The summed E-state index contributed by atoms with van der Waals surface area (Å²) in [6, 6.07) is 8.45. The summed E-state index contributed by atoms with van der Waals surface area (Å²) in [5, 5.41) is 1.23. The second kappa shape index (κ2) is 5.39. The Bertz CT molecular complexity index is 505. The smallest absolute Gasteiger partial charge is 0.404 e. The van der Waals surface area contributed by atoms with Gasteiger partial charge in [-0.15, -0.1) is 0 Å². The number of fused-ring (bicyclic) bond motifs is 1. The lowest BCUT2D eigenvalue weighted by molar-refractivity contribution is 0.154. The number of rotatable bonds is 5. The minimum atomic E-state index is -0.696. The van der Waals surface area contributed by atoms with Gasteiger partial charge in [0.05, 0.1) is 6.61 Å². The Morgan fingerprint density at radius 2 is 2.18 bits per heavy atom. The molecule has 0 aliphatic rings. The van der Waals surface area contributed by atoms with Gasteiger partial charge in [-0.1, -0.05) is 12.1 Å². The van der Waals surface area contributed by atoms with Crippen molar-refractivity contribution in [1.29, 1.82) is 0 Å². The van der Waals surface area contributed by atoms with Crippen LogP contribution in [0.1, 0.15) is 18.4 Å². The highest BCUT2D eigenvalue weighted by atomic mass is 16.5. The predicted molar refractivity (Wildman–Crippen MR) is 66.8 cm³/mol. The molecule has 3 N–H and O–H groups in total. The normalized spacial score (nSPS) is 10.6. The van der Waals surface area contributed by atoms with E-state index >= 15 is 0 Å². The van der Waals surface area contributed by atoms with Gasteiger partial charge in [0.15, 0.2) is 0 Å². The molecule has 4 heteroatoms.